The maximum absolute atomic E-state index is 5.84. The Morgan fingerprint density at radius 3 is 3.07 bits per heavy atom. The van der Waals surface area contributed by atoms with Gasteiger partial charge in [-0.2, -0.15) is 5.21 Å². The van der Waals surface area contributed by atoms with Crippen LogP contribution in [0.25, 0.3) is 0 Å². The summed E-state index contributed by atoms with van der Waals surface area (Å²) >= 11 is 7.47. The highest BCUT2D eigenvalue weighted by atomic mass is 35.5. The summed E-state index contributed by atoms with van der Waals surface area (Å²) in [5.41, 5.74) is 0. The Kier molecular flexibility index (Phi) is 3.00. The van der Waals surface area contributed by atoms with Gasteiger partial charge >= 0.3 is 0 Å². The molecular weight excluding hydrogens is 220 g/mol. The number of tetrazole rings is 1. The minimum Gasteiger partial charge on any atom is -0.177 e. The van der Waals surface area contributed by atoms with Crippen molar-refractivity contribution < 1.29 is 0 Å². The minimum atomic E-state index is 0.690. The summed E-state index contributed by atoms with van der Waals surface area (Å²) in [5.74, 6) is 1.38. The Balaban J connectivity index is 1.98. The maximum atomic E-state index is 5.84. The van der Waals surface area contributed by atoms with Gasteiger partial charge in [-0.1, -0.05) is 22.9 Å². The lowest BCUT2D eigenvalue weighted by molar-refractivity contribution is 0.881. The van der Waals surface area contributed by atoms with E-state index in [1.807, 2.05) is 24.3 Å². The molecule has 6 heteroatoms. The van der Waals surface area contributed by atoms with Crippen LogP contribution < -0.4 is 0 Å². The second-order valence-corrected chi connectivity index (χ2v) is 4.06. The van der Waals surface area contributed by atoms with E-state index in [-0.39, 0.29) is 0 Å². The van der Waals surface area contributed by atoms with Crippen LogP contribution in [0.3, 0.4) is 0 Å². The largest absolute Gasteiger partial charge is 0.184 e. The second-order valence-electron chi connectivity index (χ2n) is 2.57. The normalized spacial score (nSPS) is 10.4. The molecule has 0 aliphatic carbocycles. The number of hydrogen-bond acceptors (Lipinski definition) is 4. The zero-order chi connectivity index (χ0) is 9.80. The van der Waals surface area contributed by atoms with E-state index in [0.29, 0.717) is 11.6 Å². The highest BCUT2D eigenvalue weighted by molar-refractivity contribution is 7.98. The summed E-state index contributed by atoms with van der Waals surface area (Å²) < 4.78 is 0. The number of nitrogens with zero attached hydrogens (tertiary/aromatic N) is 3. The topological polar surface area (TPSA) is 54.5 Å². The van der Waals surface area contributed by atoms with Gasteiger partial charge in [0, 0.05) is 9.92 Å². The molecule has 0 fully saturated rings. The van der Waals surface area contributed by atoms with Crippen LogP contribution in [-0.4, -0.2) is 20.6 Å². The molecule has 72 valence electrons. The van der Waals surface area contributed by atoms with Crippen LogP contribution in [0.4, 0.5) is 0 Å². The predicted molar refractivity (Wildman–Crippen MR) is 55.2 cm³/mol. The van der Waals surface area contributed by atoms with Crippen molar-refractivity contribution >= 4 is 23.4 Å². The van der Waals surface area contributed by atoms with Gasteiger partial charge in [-0.25, -0.2) is 0 Å². The van der Waals surface area contributed by atoms with E-state index >= 15 is 0 Å². The average Bonchev–Trinajstić information content (AvgIpc) is 2.67. The van der Waals surface area contributed by atoms with Gasteiger partial charge in [0.15, 0.2) is 5.82 Å². The van der Waals surface area contributed by atoms with Crippen molar-refractivity contribution in [3.05, 3.63) is 35.1 Å². The Morgan fingerprint density at radius 1 is 1.43 bits per heavy atom. The average molecular weight is 227 g/mol. The van der Waals surface area contributed by atoms with Gasteiger partial charge in [0.05, 0.1) is 5.75 Å². The lowest BCUT2D eigenvalue weighted by Gasteiger charge is -1.98. The summed E-state index contributed by atoms with van der Waals surface area (Å²) in [4.78, 5) is 1.10. The summed E-state index contributed by atoms with van der Waals surface area (Å²) in [6.45, 7) is 0. The highest BCUT2D eigenvalue weighted by Gasteiger charge is 2.00. The number of nitrogens with one attached hydrogen (secondary N) is 1. The van der Waals surface area contributed by atoms with E-state index in [9.17, 15) is 0 Å². The van der Waals surface area contributed by atoms with Crippen LogP contribution in [0.15, 0.2) is 29.2 Å². The predicted octanol–water partition coefficient (Wildman–Crippen LogP) is 2.15. The van der Waals surface area contributed by atoms with Crippen molar-refractivity contribution in [2.45, 2.75) is 10.6 Å². The van der Waals surface area contributed by atoms with E-state index in [2.05, 4.69) is 20.6 Å². The first-order valence-corrected chi connectivity index (χ1v) is 5.31. The SMILES string of the molecule is Clc1cccc(SCc2nn[nH]n2)c1. The van der Waals surface area contributed by atoms with Crippen LogP contribution in [0.2, 0.25) is 5.02 Å². The van der Waals surface area contributed by atoms with Gasteiger partial charge in [0.25, 0.3) is 0 Å². The van der Waals surface area contributed by atoms with Crippen molar-refractivity contribution in [1.82, 2.24) is 20.6 Å². The smallest absolute Gasteiger partial charge is 0.177 e. The third-order valence-corrected chi connectivity index (χ3v) is 2.78. The Bertz CT molecular complexity index is 403. The molecule has 0 saturated carbocycles. The zero-order valence-electron chi connectivity index (χ0n) is 7.14. The minimum absolute atomic E-state index is 0.690. The van der Waals surface area contributed by atoms with Gasteiger partial charge in [0.2, 0.25) is 0 Å². The molecule has 1 aromatic heterocycles. The summed E-state index contributed by atoms with van der Waals surface area (Å²) in [7, 11) is 0. The number of aromatic nitrogens is 4. The molecule has 0 unspecified atom stereocenters. The molecule has 0 atom stereocenters. The Hall–Kier alpha value is -1.07. The number of hydrogen-bond donors (Lipinski definition) is 1. The lowest BCUT2D eigenvalue weighted by atomic mass is 10.4. The van der Waals surface area contributed by atoms with Gasteiger partial charge in [-0.15, -0.1) is 22.0 Å². The molecule has 0 saturated heterocycles. The maximum Gasteiger partial charge on any atom is 0.184 e. The molecule has 0 spiro atoms. The zero-order valence-corrected chi connectivity index (χ0v) is 8.72. The van der Waals surface area contributed by atoms with Crippen LogP contribution in [0.1, 0.15) is 5.82 Å². The molecule has 0 radical (unpaired) electrons. The number of thioether (sulfide) groups is 1. The van der Waals surface area contributed by atoms with Crippen molar-refractivity contribution in [2.24, 2.45) is 0 Å². The third kappa shape index (κ3) is 2.46. The molecule has 0 amide bonds. The summed E-state index contributed by atoms with van der Waals surface area (Å²) in [6, 6.07) is 7.67. The number of rotatable bonds is 3. The standard InChI is InChI=1S/C8H7ClN4S/c9-6-2-1-3-7(4-6)14-5-8-10-12-13-11-8/h1-4H,5H2,(H,10,11,12,13). The quantitative estimate of drug-likeness (QED) is 0.815. The lowest BCUT2D eigenvalue weighted by Crippen LogP contribution is -1.83. The van der Waals surface area contributed by atoms with Gasteiger partial charge in [0.1, 0.15) is 0 Å². The van der Waals surface area contributed by atoms with Crippen molar-refractivity contribution in [3.8, 4) is 0 Å². The fraction of sp³-hybridized carbons (Fsp3) is 0.125. The summed E-state index contributed by atoms with van der Waals surface area (Å²) in [5, 5.41) is 14.3. The molecule has 14 heavy (non-hydrogen) atoms. The molecular formula is C8H7ClN4S. The van der Waals surface area contributed by atoms with Crippen LogP contribution >= 0.6 is 23.4 Å². The van der Waals surface area contributed by atoms with Gasteiger partial charge in [-0.05, 0) is 18.2 Å². The first kappa shape index (κ1) is 9.48. The second kappa shape index (κ2) is 4.43. The molecule has 2 aromatic rings. The van der Waals surface area contributed by atoms with E-state index < -0.39 is 0 Å². The molecule has 0 aliphatic rings. The van der Waals surface area contributed by atoms with Gasteiger partial charge in [-0.3, -0.25) is 0 Å². The number of halogens is 1. The molecule has 0 bridgehead atoms. The first-order chi connectivity index (χ1) is 6.84. The number of benzene rings is 1. The molecule has 2 rings (SSSR count). The van der Waals surface area contributed by atoms with Crippen molar-refractivity contribution in [1.29, 1.82) is 0 Å². The molecule has 0 aliphatic heterocycles. The van der Waals surface area contributed by atoms with E-state index in [0.717, 1.165) is 9.92 Å². The van der Waals surface area contributed by atoms with Crippen LogP contribution in [0.5, 0.6) is 0 Å². The molecule has 1 N–H and O–H groups in total. The van der Waals surface area contributed by atoms with E-state index in [1.165, 1.54) is 0 Å². The molecule has 1 aromatic carbocycles. The van der Waals surface area contributed by atoms with Crippen LogP contribution in [-0.2, 0) is 5.75 Å². The summed E-state index contributed by atoms with van der Waals surface area (Å²) in [6.07, 6.45) is 0. The Labute approximate surface area is 90.1 Å². The number of H-pyrrole nitrogens is 1. The molecule has 4 nitrogen and oxygen atoms in total. The van der Waals surface area contributed by atoms with E-state index in [1.54, 1.807) is 11.8 Å². The fourth-order valence-electron chi connectivity index (χ4n) is 0.948. The molecule has 1 heterocycles. The third-order valence-electron chi connectivity index (χ3n) is 1.55. The van der Waals surface area contributed by atoms with Crippen LogP contribution in [0, 0.1) is 0 Å². The highest BCUT2D eigenvalue weighted by Crippen LogP contribution is 2.23. The van der Waals surface area contributed by atoms with Crippen molar-refractivity contribution in [3.63, 3.8) is 0 Å². The first-order valence-electron chi connectivity index (χ1n) is 3.95. The number of aromatic amines is 1. The van der Waals surface area contributed by atoms with Crippen molar-refractivity contribution in [2.75, 3.05) is 0 Å². The fourth-order valence-corrected chi connectivity index (χ4v) is 2.01. The van der Waals surface area contributed by atoms with E-state index in [4.69, 9.17) is 11.6 Å². The monoisotopic (exact) mass is 226 g/mol. The Morgan fingerprint density at radius 2 is 2.36 bits per heavy atom. The van der Waals surface area contributed by atoms with Gasteiger partial charge < -0.3 is 0 Å².